The Balaban J connectivity index is 1.86. The van der Waals surface area contributed by atoms with Gasteiger partial charge in [-0.3, -0.25) is 0 Å². The third-order valence-electron chi connectivity index (χ3n) is 5.79. The van der Waals surface area contributed by atoms with E-state index in [0.29, 0.717) is 10.5 Å². The first-order chi connectivity index (χ1) is 15.9. The topological polar surface area (TPSA) is 39.1 Å². The van der Waals surface area contributed by atoms with Crippen LogP contribution in [0.3, 0.4) is 0 Å². The lowest BCUT2D eigenvalue weighted by Crippen LogP contribution is -2.12. The van der Waals surface area contributed by atoms with Gasteiger partial charge in [0.1, 0.15) is 0 Å². The zero-order chi connectivity index (χ0) is 23.2. The highest BCUT2D eigenvalue weighted by Gasteiger charge is 2.23. The first-order valence-electron chi connectivity index (χ1n) is 10.3. The minimum absolute atomic E-state index is 0.252. The van der Waals surface area contributed by atoms with Crippen molar-refractivity contribution < 1.29 is 8.42 Å². The van der Waals surface area contributed by atoms with Crippen molar-refractivity contribution in [2.75, 3.05) is 0 Å². The molecule has 0 unspecified atom stereocenters. The molecule has 0 aliphatic rings. The molecular weight excluding hydrogens is 518 g/mol. The van der Waals surface area contributed by atoms with Gasteiger partial charge < -0.3 is 0 Å². The maximum atomic E-state index is 13.6. The molecule has 5 rings (SSSR count). The van der Waals surface area contributed by atoms with Crippen molar-refractivity contribution in [2.24, 2.45) is 0 Å². The normalized spacial score (nSPS) is 11.7. The lowest BCUT2D eigenvalue weighted by Gasteiger charge is -2.16. The molecule has 1 aromatic heterocycles. The van der Waals surface area contributed by atoms with Crippen molar-refractivity contribution in [3.8, 4) is 22.3 Å². The van der Waals surface area contributed by atoms with Gasteiger partial charge in [-0.1, -0.05) is 70.0 Å². The SMILES string of the molecule is Cc1c(-c2ccc(Cl)cc2)cc(-c2cccc(Br)c2)c2c1ccn2S(=O)(=O)c1ccccc1. The summed E-state index contributed by atoms with van der Waals surface area (Å²) in [7, 11) is -3.78. The molecule has 0 N–H and O–H groups in total. The van der Waals surface area contributed by atoms with Crippen LogP contribution < -0.4 is 0 Å². The van der Waals surface area contributed by atoms with E-state index in [0.717, 1.165) is 37.7 Å². The highest BCUT2D eigenvalue weighted by molar-refractivity contribution is 9.10. The van der Waals surface area contributed by atoms with Gasteiger partial charge in [-0.2, -0.15) is 0 Å². The third kappa shape index (κ3) is 3.90. The average Bonchev–Trinajstić information content (AvgIpc) is 3.27. The second-order valence-corrected chi connectivity index (χ2v) is 11.0. The highest BCUT2D eigenvalue weighted by Crippen LogP contribution is 2.40. The van der Waals surface area contributed by atoms with Gasteiger partial charge in [0.2, 0.25) is 0 Å². The summed E-state index contributed by atoms with van der Waals surface area (Å²) < 4.78 is 29.5. The minimum Gasteiger partial charge on any atom is -0.241 e. The molecule has 0 saturated heterocycles. The maximum Gasteiger partial charge on any atom is 0.268 e. The predicted molar refractivity (Wildman–Crippen MR) is 139 cm³/mol. The number of aryl methyl sites for hydroxylation is 1. The van der Waals surface area contributed by atoms with Gasteiger partial charge in [-0.05, 0) is 77.7 Å². The monoisotopic (exact) mass is 535 g/mol. The Kier molecular flexibility index (Phi) is 5.65. The zero-order valence-electron chi connectivity index (χ0n) is 17.7. The molecule has 33 heavy (non-hydrogen) atoms. The van der Waals surface area contributed by atoms with Gasteiger partial charge in [0.25, 0.3) is 10.0 Å². The summed E-state index contributed by atoms with van der Waals surface area (Å²) in [5.41, 5.74) is 5.48. The molecule has 6 heteroatoms. The number of rotatable bonds is 4. The summed E-state index contributed by atoms with van der Waals surface area (Å²) in [6, 6.07) is 28.1. The van der Waals surface area contributed by atoms with Crippen molar-refractivity contribution in [1.82, 2.24) is 3.97 Å². The quantitative estimate of drug-likeness (QED) is 0.234. The van der Waals surface area contributed by atoms with Gasteiger partial charge in [-0.15, -0.1) is 0 Å². The van der Waals surface area contributed by atoms with Crippen LogP contribution in [-0.2, 0) is 10.0 Å². The van der Waals surface area contributed by atoms with E-state index in [1.807, 2.05) is 67.6 Å². The standard InChI is InChI=1S/C27H19BrClNO2S/c1-18-24-14-15-30(33(31,32)23-8-3-2-4-9-23)27(24)26(20-6-5-7-21(28)16-20)17-25(18)19-10-12-22(29)13-11-19/h2-17H,1H3. The van der Waals surface area contributed by atoms with Crippen LogP contribution in [0, 0.1) is 6.92 Å². The van der Waals surface area contributed by atoms with E-state index >= 15 is 0 Å². The molecule has 0 saturated carbocycles. The molecule has 4 aromatic carbocycles. The molecule has 0 spiro atoms. The Labute approximate surface area is 206 Å². The van der Waals surface area contributed by atoms with Gasteiger partial charge in [0, 0.05) is 26.6 Å². The second kappa shape index (κ2) is 8.49. The number of hydrogen-bond donors (Lipinski definition) is 0. The molecule has 0 atom stereocenters. The fourth-order valence-electron chi connectivity index (χ4n) is 4.16. The van der Waals surface area contributed by atoms with Crippen molar-refractivity contribution in [3.63, 3.8) is 0 Å². The molecule has 164 valence electrons. The first kappa shape index (κ1) is 22.0. The van der Waals surface area contributed by atoms with Crippen LogP contribution in [0.1, 0.15) is 5.56 Å². The number of benzene rings is 4. The van der Waals surface area contributed by atoms with E-state index in [4.69, 9.17) is 11.6 Å². The van der Waals surface area contributed by atoms with Crippen molar-refractivity contribution in [1.29, 1.82) is 0 Å². The van der Waals surface area contributed by atoms with E-state index in [1.165, 1.54) is 3.97 Å². The zero-order valence-corrected chi connectivity index (χ0v) is 20.8. The number of aromatic nitrogens is 1. The predicted octanol–water partition coefficient (Wildman–Crippen LogP) is 7.94. The van der Waals surface area contributed by atoms with Gasteiger partial charge in [0.15, 0.2) is 0 Å². The Morgan fingerprint density at radius 3 is 2.21 bits per heavy atom. The number of fused-ring (bicyclic) bond motifs is 1. The number of nitrogens with zero attached hydrogens (tertiary/aromatic N) is 1. The van der Waals surface area contributed by atoms with E-state index in [9.17, 15) is 8.42 Å². The van der Waals surface area contributed by atoms with Crippen molar-refractivity contribution in [2.45, 2.75) is 11.8 Å². The summed E-state index contributed by atoms with van der Waals surface area (Å²) >= 11 is 9.67. The number of halogens is 2. The summed E-state index contributed by atoms with van der Waals surface area (Å²) in [5, 5.41) is 1.56. The van der Waals surface area contributed by atoms with Crippen LogP contribution in [-0.4, -0.2) is 12.4 Å². The van der Waals surface area contributed by atoms with Crippen LogP contribution >= 0.6 is 27.5 Å². The van der Waals surface area contributed by atoms with Crippen LogP contribution in [0.4, 0.5) is 0 Å². The van der Waals surface area contributed by atoms with E-state index in [1.54, 1.807) is 30.5 Å². The summed E-state index contributed by atoms with van der Waals surface area (Å²) in [6.45, 7) is 2.02. The Bertz CT molecular complexity index is 1590. The van der Waals surface area contributed by atoms with Crippen molar-refractivity contribution >= 4 is 48.5 Å². The molecule has 0 amide bonds. The lowest BCUT2D eigenvalue weighted by atomic mass is 9.92. The summed E-state index contributed by atoms with van der Waals surface area (Å²) in [6.07, 6.45) is 1.65. The minimum atomic E-state index is -3.78. The fraction of sp³-hybridized carbons (Fsp3) is 0.0370. The molecule has 0 radical (unpaired) electrons. The van der Waals surface area contributed by atoms with E-state index in [-0.39, 0.29) is 4.90 Å². The van der Waals surface area contributed by atoms with Gasteiger partial charge >= 0.3 is 0 Å². The molecule has 0 aliphatic heterocycles. The van der Waals surface area contributed by atoms with Crippen LogP contribution in [0.15, 0.2) is 107 Å². The Morgan fingerprint density at radius 2 is 1.52 bits per heavy atom. The molecule has 0 bridgehead atoms. The van der Waals surface area contributed by atoms with Crippen LogP contribution in [0.5, 0.6) is 0 Å². The molecule has 0 aliphatic carbocycles. The van der Waals surface area contributed by atoms with Gasteiger partial charge in [0.05, 0.1) is 10.4 Å². The van der Waals surface area contributed by atoms with Crippen LogP contribution in [0.25, 0.3) is 33.2 Å². The number of hydrogen-bond acceptors (Lipinski definition) is 2. The largest absolute Gasteiger partial charge is 0.268 e. The van der Waals surface area contributed by atoms with Crippen molar-refractivity contribution in [3.05, 3.63) is 112 Å². The molecule has 0 fully saturated rings. The van der Waals surface area contributed by atoms with E-state index < -0.39 is 10.0 Å². The fourth-order valence-corrected chi connectivity index (χ4v) is 6.07. The third-order valence-corrected chi connectivity index (χ3v) is 8.23. The second-order valence-electron chi connectivity index (χ2n) is 7.81. The maximum absolute atomic E-state index is 13.6. The van der Waals surface area contributed by atoms with Gasteiger partial charge in [-0.25, -0.2) is 12.4 Å². The summed E-state index contributed by atoms with van der Waals surface area (Å²) in [5.74, 6) is 0. The first-order valence-corrected chi connectivity index (χ1v) is 12.9. The van der Waals surface area contributed by atoms with E-state index in [2.05, 4.69) is 22.0 Å². The molecular formula is C27H19BrClNO2S. The summed E-state index contributed by atoms with van der Waals surface area (Å²) in [4.78, 5) is 0.252. The molecule has 1 heterocycles. The van der Waals surface area contributed by atoms with Crippen LogP contribution in [0.2, 0.25) is 5.02 Å². The molecule has 3 nitrogen and oxygen atoms in total. The smallest absolute Gasteiger partial charge is 0.241 e. The Morgan fingerprint density at radius 1 is 0.788 bits per heavy atom. The average molecular weight is 537 g/mol. The Hall–Kier alpha value is -2.86. The lowest BCUT2D eigenvalue weighted by molar-refractivity contribution is 0.589. The highest BCUT2D eigenvalue weighted by atomic mass is 79.9. The molecule has 5 aromatic rings.